The molecule has 1 fully saturated rings. The Morgan fingerprint density at radius 3 is 2.32 bits per heavy atom. The van der Waals surface area contributed by atoms with Crippen molar-refractivity contribution < 1.29 is 23.0 Å². The lowest BCUT2D eigenvalue weighted by molar-refractivity contribution is -0.0502. The highest BCUT2D eigenvalue weighted by Gasteiger charge is 2.29. The fourth-order valence-electron chi connectivity index (χ4n) is 3.09. The standard InChI is InChI=1S/C19H21F2NO3/c1-11-4-5-12(2)22(11)14-9-16(24-3)18(15(23)8-13-6-7-13)17(10-14)25-19(20)21/h4-5,9-10,13,19H,6-8H2,1-3H3. The molecule has 0 bridgehead atoms. The van der Waals surface area contributed by atoms with Gasteiger partial charge in [-0.05, 0) is 44.7 Å². The quantitative estimate of drug-likeness (QED) is 0.681. The first-order chi connectivity index (χ1) is 11.9. The zero-order chi connectivity index (χ0) is 18.1. The monoisotopic (exact) mass is 349 g/mol. The van der Waals surface area contributed by atoms with Gasteiger partial charge in [0.2, 0.25) is 0 Å². The third kappa shape index (κ3) is 3.67. The van der Waals surface area contributed by atoms with Crippen LogP contribution in [0, 0.1) is 19.8 Å². The van der Waals surface area contributed by atoms with E-state index in [0.29, 0.717) is 18.0 Å². The van der Waals surface area contributed by atoms with Gasteiger partial charge < -0.3 is 14.0 Å². The number of halogens is 2. The zero-order valence-corrected chi connectivity index (χ0v) is 14.5. The van der Waals surface area contributed by atoms with Gasteiger partial charge in [0.1, 0.15) is 17.1 Å². The second-order valence-corrected chi connectivity index (χ2v) is 6.42. The number of ether oxygens (including phenoxy) is 2. The molecule has 1 aliphatic carbocycles. The Balaban J connectivity index is 2.12. The maximum absolute atomic E-state index is 12.9. The van der Waals surface area contributed by atoms with Gasteiger partial charge in [-0.15, -0.1) is 0 Å². The minimum Gasteiger partial charge on any atom is -0.496 e. The van der Waals surface area contributed by atoms with Crippen LogP contribution in [0.4, 0.5) is 8.78 Å². The molecule has 0 N–H and O–H groups in total. The highest BCUT2D eigenvalue weighted by Crippen LogP contribution is 2.39. The first-order valence-corrected chi connectivity index (χ1v) is 8.26. The minimum atomic E-state index is -3.01. The van der Waals surface area contributed by atoms with Gasteiger partial charge in [-0.3, -0.25) is 4.79 Å². The first kappa shape index (κ1) is 17.5. The lowest BCUT2D eigenvalue weighted by Gasteiger charge is -2.18. The van der Waals surface area contributed by atoms with Crippen molar-refractivity contribution in [3.8, 4) is 17.2 Å². The number of carbonyl (C=O) groups is 1. The van der Waals surface area contributed by atoms with E-state index in [4.69, 9.17) is 4.74 Å². The summed E-state index contributed by atoms with van der Waals surface area (Å²) in [6.07, 6.45) is 2.33. The lowest BCUT2D eigenvalue weighted by atomic mass is 10.0. The molecule has 134 valence electrons. The molecule has 1 aromatic heterocycles. The van der Waals surface area contributed by atoms with Crippen LogP contribution in [-0.2, 0) is 0 Å². The molecule has 0 saturated heterocycles. The van der Waals surface area contributed by atoms with Gasteiger partial charge >= 0.3 is 6.61 Å². The van der Waals surface area contributed by atoms with Crippen LogP contribution in [0.1, 0.15) is 41.0 Å². The number of aryl methyl sites for hydroxylation is 2. The molecular formula is C19H21F2NO3. The summed E-state index contributed by atoms with van der Waals surface area (Å²) in [5.74, 6) is 0.238. The number of benzene rings is 1. The predicted molar refractivity (Wildman–Crippen MR) is 90.1 cm³/mol. The topological polar surface area (TPSA) is 40.5 Å². The van der Waals surface area contributed by atoms with Crippen molar-refractivity contribution in [2.45, 2.75) is 39.7 Å². The average Bonchev–Trinajstić information content (AvgIpc) is 3.29. The molecule has 1 aromatic carbocycles. The van der Waals surface area contributed by atoms with E-state index in [9.17, 15) is 13.6 Å². The molecule has 3 rings (SSSR count). The number of carbonyl (C=O) groups excluding carboxylic acids is 1. The van der Waals surface area contributed by atoms with Gasteiger partial charge in [0.25, 0.3) is 0 Å². The second-order valence-electron chi connectivity index (χ2n) is 6.42. The van der Waals surface area contributed by atoms with Gasteiger partial charge in [-0.2, -0.15) is 8.78 Å². The highest BCUT2D eigenvalue weighted by molar-refractivity contribution is 6.02. The van der Waals surface area contributed by atoms with E-state index in [1.54, 1.807) is 6.07 Å². The summed E-state index contributed by atoms with van der Waals surface area (Å²) in [6, 6.07) is 7.04. The molecule has 1 aliphatic rings. The van der Waals surface area contributed by atoms with Crippen LogP contribution in [0.3, 0.4) is 0 Å². The Morgan fingerprint density at radius 1 is 1.20 bits per heavy atom. The summed E-state index contributed by atoms with van der Waals surface area (Å²) in [4.78, 5) is 12.6. The molecule has 4 nitrogen and oxygen atoms in total. The van der Waals surface area contributed by atoms with E-state index in [0.717, 1.165) is 24.2 Å². The number of hydrogen-bond acceptors (Lipinski definition) is 3. The Morgan fingerprint density at radius 2 is 1.80 bits per heavy atom. The van der Waals surface area contributed by atoms with E-state index < -0.39 is 6.61 Å². The molecule has 0 amide bonds. The van der Waals surface area contributed by atoms with Crippen LogP contribution in [-0.4, -0.2) is 24.1 Å². The number of ketones is 1. The summed E-state index contributed by atoms with van der Waals surface area (Å²) in [5, 5.41) is 0. The van der Waals surface area contributed by atoms with Crippen molar-refractivity contribution >= 4 is 5.78 Å². The van der Waals surface area contributed by atoms with Crippen molar-refractivity contribution in [2.24, 2.45) is 5.92 Å². The normalized spacial score (nSPS) is 14.0. The van der Waals surface area contributed by atoms with E-state index in [1.807, 2.05) is 30.5 Å². The third-order valence-corrected chi connectivity index (χ3v) is 4.47. The van der Waals surface area contributed by atoms with Crippen molar-refractivity contribution in [1.82, 2.24) is 4.57 Å². The molecule has 0 atom stereocenters. The molecule has 0 aliphatic heterocycles. The molecule has 0 radical (unpaired) electrons. The Hall–Kier alpha value is -2.37. The molecule has 0 unspecified atom stereocenters. The zero-order valence-electron chi connectivity index (χ0n) is 14.5. The van der Waals surface area contributed by atoms with Crippen LogP contribution in [0.25, 0.3) is 5.69 Å². The predicted octanol–water partition coefficient (Wildman–Crippen LogP) is 4.69. The lowest BCUT2D eigenvalue weighted by Crippen LogP contribution is -2.12. The van der Waals surface area contributed by atoms with E-state index in [1.165, 1.54) is 13.2 Å². The van der Waals surface area contributed by atoms with Gasteiger partial charge in [0.05, 0.1) is 12.8 Å². The molecule has 25 heavy (non-hydrogen) atoms. The maximum atomic E-state index is 12.9. The molecular weight excluding hydrogens is 328 g/mol. The third-order valence-electron chi connectivity index (χ3n) is 4.47. The number of rotatable bonds is 7. The Bertz CT molecular complexity index is 775. The van der Waals surface area contributed by atoms with Crippen LogP contribution >= 0.6 is 0 Å². The average molecular weight is 349 g/mol. The summed E-state index contributed by atoms with van der Waals surface area (Å²) in [6.45, 7) is 0.817. The molecule has 2 aromatic rings. The van der Waals surface area contributed by atoms with E-state index in [2.05, 4.69) is 4.74 Å². The number of alkyl halides is 2. The first-order valence-electron chi connectivity index (χ1n) is 8.26. The van der Waals surface area contributed by atoms with Gasteiger partial charge in [0, 0.05) is 29.9 Å². The number of nitrogens with zero attached hydrogens (tertiary/aromatic N) is 1. The summed E-state index contributed by atoms with van der Waals surface area (Å²) < 4.78 is 37.8. The SMILES string of the molecule is COc1cc(-n2c(C)ccc2C)cc(OC(F)F)c1C(=O)CC1CC1. The second kappa shape index (κ2) is 6.86. The van der Waals surface area contributed by atoms with Crippen molar-refractivity contribution in [1.29, 1.82) is 0 Å². The molecule has 1 saturated carbocycles. The van der Waals surface area contributed by atoms with Crippen LogP contribution in [0.2, 0.25) is 0 Å². The Labute approximate surface area is 145 Å². The van der Waals surface area contributed by atoms with Gasteiger partial charge in [-0.25, -0.2) is 0 Å². The van der Waals surface area contributed by atoms with Gasteiger partial charge in [-0.1, -0.05) is 0 Å². The highest BCUT2D eigenvalue weighted by atomic mass is 19.3. The number of hydrogen-bond donors (Lipinski definition) is 0. The summed E-state index contributed by atoms with van der Waals surface area (Å²) >= 11 is 0. The Kier molecular flexibility index (Phi) is 4.79. The van der Waals surface area contributed by atoms with E-state index in [-0.39, 0.29) is 22.8 Å². The number of methoxy groups -OCH3 is 1. The van der Waals surface area contributed by atoms with E-state index >= 15 is 0 Å². The van der Waals surface area contributed by atoms with Gasteiger partial charge in [0.15, 0.2) is 5.78 Å². The molecule has 1 heterocycles. The largest absolute Gasteiger partial charge is 0.496 e. The fraction of sp³-hybridized carbons (Fsp3) is 0.421. The van der Waals surface area contributed by atoms with Crippen LogP contribution in [0.15, 0.2) is 24.3 Å². The van der Waals surface area contributed by atoms with Crippen molar-refractivity contribution in [2.75, 3.05) is 7.11 Å². The van der Waals surface area contributed by atoms with Crippen molar-refractivity contribution in [3.05, 3.63) is 41.2 Å². The summed E-state index contributed by atoms with van der Waals surface area (Å²) in [5.41, 5.74) is 2.61. The van der Waals surface area contributed by atoms with Crippen molar-refractivity contribution in [3.63, 3.8) is 0 Å². The van der Waals surface area contributed by atoms with Crippen LogP contribution < -0.4 is 9.47 Å². The fourth-order valence-corrected chi connectivity index (χ4v) is 3.09. The maximum Gasteiger partial charge on any atom is 0.387 e. The molecule has 0 spiro atoms. The smallest absolute Gasteiger partial charge is 0.387 e. The minimum absolute atomic E-state index is 0.0981. The van der Waals surface area contributed by atoms with Crippen LogP contribution in [0.5, 0.6) is 11.5 Å². The number of Topliss-reactive ketones (excluding diaryl/α,β-unsaturated/α-hetero) is 1. The molecule has 6 heteroatoms. The summed E-state index contributed by atoms with van der Waals surface area (Å²) in [7, 11) is 1.43. The number of aromatic nitrogens is 1.